The summed E-state index contributed by atoms with van der Waals surface area (Å²) in [6.07, 6.45) is -2.41. The van der Waals surface area contributed by atoms with E-state index in [1.807, 2.05) is 19.1 Å². The Labute approximate surface area is 93.6 Å². The summed E-state index contributed by atoms with van der Waals surface area (Å²) in [6.45, 7) is 2.13. The molecule has 0 atom stereocenters. The number of alkyl halides is 2. The molecular weight excluding hydrogens is 214 g/mol. The third-order valence-electron chi connectivity index (χ3n) is 2.01. The van der Waals surface area contributed by atoms with E-state index < -0.39 is 13.0 Å². The molecule has 1 rings (SSSR count). The van der Waals surface area contributed by atoms with Gasteiger partial charge in [0.2, 0.25) is 0 Å². The minimum atomic E-state index is -2.41. The molecule has 0 fully saturated rings. The average molecular weight is 230 g/mol. The Morgan fingerprint density at radius 3 is 2.88 bits per heavy atom. The van der Waals surface area contributed by atoms with Crippen LogP contribution in [0.15, 0.2) is 18.2 Å². The molecule has 5 heteroatoms. The van der Waals surface area contributed by atoms with Crippen molar-refractivity contribution in [2.75, 3.05) is 30.8 Å². The zero-order valence-electron chi connectivity index (χ0n) is 9.17. The van der Waals surface area contributed by atoms with Crippen LogP contribution in [-0.2, 0) is 4.74 Å². The first kappa shape index (κ1) is 12.7. The van der Waals surface area contributed by atoms with Gasteiger partial charge in [0, 0.05) is 6.54 Å². The van der Waals surface area contributed by atoms with Gasteiger partial charge in [-0.2, -0.15) is 0 Å². The van der Waals surface area contributed by atoms with Crippen LogP contribution in [0.5, 0.6) is 0 Å². The summed E-state index contributed by atoms with van der Waals surface area (Å²) in [6, 6.07) is 5.62. The van der Waals surface area contributed by atoms with Gasteiger partial charge in [-0.1, -0.05) is 6.07 Å². The third kappa shape index (κ3) is 4.44. The number of nitrogen functional groups attached to an aromatic ring is 1. The molecule has 0 saturated carbocycles. The lowest BCUT2D eigenvalue weighted by Crippen LogP contribution is -2.13. The molecule has 0 heterocycles. The number of hydrogen-bond donors (Lipinski definition) is 2. The first-order valence-electron chi connectivity index (χ1n) is 5.05. The van der Waals surface area contributed by atoms with Crippen LogP contribution in [0, 0.1) is 6.92 Å². The van der Waals surface area contributed by atoms with Gasteiger partial charge in [-0.25, -0.2) is 8.78 Å². The van der Waals surface area contributed by atoms with Crippen LogP contribution in [0.1, 0.15) is 5.56 Å². The highest BCUT2D eigenvalue weighted by molar-refractivity contribution is 5.66. The molecule has 3 nitrogen and oxygen atoms in total. The van der Waals surface area contributed by atoms with E-state index in [1.165, 1.54) is 0 Å². The van der Waals surface area contributed by atoms with Crippen LogP contribution in [-0.4, -0.2) is 26.2 Å². The molecule has 0 radical (unpaired) electrons. The maximum atomic E-state index is 11.7. The van der Waals surface area contributed by atoms with Gasteiger partial charge in [0.15, 0.2) is 0 Å². The van der Waals surface area contributed by atoms with Gasteiger partial charge in [-0.3, -0.25) is 0 Å². The summed E-state index contributed by atoms with van der Waals surface area (Å²) in [7, 11) is 0. The van der Waals surface area contributed by atoms with E-state index in [4.69, 9.17) is 10.5 Å². The van der Waals surface area contributed by atoms with E-state index >= 15 is 0 Å². The van der Waals surface area contributed by atoms with Gasteiger partial charge in [-0.15, -0.1) is 0 Å². The monoisotopic (exact) mass is 230 g/mol. The maximum Gasteiger partial charge on any atom is 0.261 e. The van der Waals surface area contributed by atoms with Crippen molar-refractivity contribution in [2.24, 2.45) is 0 Å². The Morgan fingerprint density at radius 2 is 2.19 bits per heavy atom. The molecule has 0 aliphatic rings. The highest BCUT2D eigenvalue weighted by atomic mass is 19.3. The van der Waals surface area contributed by atoms with Crippen LogP contribution in [0.4, 0.5) is 20.2 Å². The van der Waals surface area contributed by atoms with Crippen LogP contribution in [0.2, 0.25) is 0 Å². The average Bonchev–Trinajstić information content (AvgIpc) is 2.22. The van der Waals surface area contributed by atoms with Crippen LogP contribution in [0.25, 0.3) is 0 Å². The van der Waals surface area contributed by atoms with Crippen molar-refractivity contribution >= 4 is 11.4 Å². The molecule has 0 unspecified atom stereocenters. The van der Waals surface area contributed by atoms with Crippen molar-refractivity contribution in [1.29, 1.82) is 0 Å². The third-order valence-corrected chi connectivity index (χ3v) is 2.01. The Bertz CT molecular complexity index is 332. The fourth-order valence-corrected chi connectivity index (χ4v) is 1.25. The standard InChI is InChI=1S/C11H16F2N2O/c1-8-2-3-9(14)10(6-8)15-4-5-16-7-11(12)13/h2-3,6,11,15H,4-5,7,14H2,1H3. The number of nitrogens with one attached hydrogen (secondary N) is 1. The Hall–Kier alpha value is -1.36. The zero-order chi connectivity index (χ0) is 12.0. The summed E-state index contributed by atoms with van der Waals surface area (Å²) < 4.78 is 28.2. The minimum Gasteiger partial charge on any atom is -0.397 e. The number of benzene rings is 1. The normalized spacial score (nSPS) is 10.8. The number of rotatable bonds is 6. The molecule has 0 spiro atoms. The molecular formula is C11H16F2N2O. The van der Waals surface area contributed by atoms with Gasteiger partial charge < -0.3 is 15.8 Å². The van der Waals surface area contributed by atoms with Crippen molar-refractivity contribution < 1.29 is 13.5 Å². The van der Waals surface area contributed by atoms with Gasteiger partial charge in [0.25, 0.3) is 6.43 Å². The topological polar surface area (TPSA) is 47.3 Å². The number of halogens is 2. The molecule has 0 aliphatic carbocycles. The van der Waals surface area contributed by atoms with Crippen molar-refractivity contribution in [2.45, 2.75) is 13.3 Å². The molecule has 90 valence electrons. The predicted molar refractivity (Wildman–Crippen MR) is 60.9 cm³/mol. The first-order valence-corrected chi connectivity index (χ1v) is 5.05. The quantitative estimate of drug-likeness (QED) is 0.582. The highest BCUT2D eigenvalue weighted by Crippen LogP contribution is 2.18. The summed E-state index contributed by atoms with van der Waals surface area (Å²) in [5, 5.41) is 3.03. The molecule has 0 saturated heterocycles. The predicted octanol–water partition coefficient (Wildman–Crippen LogP) is 2.27. The number of aryl methyl sites for hydroxylation is 1. The van der Waals surface area contributed by atoms with Crippen molar-refractivity contribution in [1.82, 2.24) is 0 Å². The second-order valence-corrected chi connectivity index (χ2v) is 3.48. The zero-order valence-corrected chi connectivity index (χ0v) is 9.17. The summed E-state index contributed by atoms with van der Waals surface area (Å²) in [5.74, 6) is 0. The van der Waals surface area contributed by atoms with E-state index in [9.17, 15) is 8.78 Å². The van der Waals surface area contributed by atoms with E-state index in [0.717, 1.165) is 11.3 Å². The van der Waals surface area contributed by atoms with Crippen LogP contribution in [0.3, 0.4) is 0 Å². The van der Waals surface area contributed by atoms with Gasteiger partial charge in [0.05, 0.1) is 18.0 Å². The number of anilines is 2. The fourth-order valence-electron chi connectivity index (χ4n) is 1.25. The molecule has 0 aliphatic heterocycles. The van der Waals surface area contributed by atoms with Gasteiger partial charge in [0.1, 0.15) is 6.61 Å². The molecule has 1 aromatic carbocycles. The largest absolute Gasteiger partial charge is 0.397 e. The van der Waals surface area contributed by atoms with E-state index in [0.29, 0.717) is 12.2 Å². The minimum absolute atomic E-state index is 0.234. The van der Waals surface area contributed by atoms with Gasteiger partial charge in [-0.05, 0) is 24.6 Å². The molecule has 0 bridgehead atoms. The Balaban J connectivity index is 2.29. The lowest BCUT2D eigenvalue weighted by Gasteiger charge is -2.10. The second-order valence-electron chi connectivity index (χ2n) is 3.48. The van der Waals surface area contributed by atoms with Crippen molar-refractivity contribution in [3.05, 3.63) is 23.8 Å². The SMILES string of the molecule is Cc1ccc(N)c(NCCOCC(F)F)c1. The molecule has 3 N–H and O–H groups in total. The van der Waals surface area contributed by atoms with Gasteiger partial charge >= 0.3 is 0 Å². The number of nitrogens with two attached hydrogens (primary N) is 1. The summed E-state index contributed by atoms with van der Waals surface area (Å²) >= 11 is 0. The number of ether oxygens (including phenoxy) is 1. The van der Waals surface area contributed by atoms with E-state index in [-0.39, 0.29) is 6.61 Å². The lowest BCUT2D eigenvalue weighted by molar-refractivity contribution is 0.0215. The Kier molecular flexibility index (Phi) is 4.98. The summed E-state index contributed by atoms with van der Waals surface area (Å²) in [5.41, 5.74) is 8.26. The van der Waals surface area contributed by atoms with Crippen LogP contribution >= 0.6 is 0 Å². The van der Waals surface area contributed by atoms with E-state index in [2.05, 4.69) is 5.32 Å². The molecule has 0 amide bonds. The first-order chi connectivity index (χ1) is 7.59. The van der Waals surface area contributed by atoms with Crippen molar-refractivity contribution in [3.8, 4) is 0 Å². The fraction of sp³-hybridized carbons (Fsp3) is 0.455. The second kappa shape index (κ2) is 6.27. The highest BCUT2D eigenvalue weighted by Gasteiger charge is 2.02. The molecule has 16 heavy (non-hydrogen) atoms. The molecule has 1 aromatic rings. The van der Waals surface area contributed by atoms with Crippen LogP contribution < -0.4 is 11.1 Å². The van der Waals surface area contributed by atoms with Crippen molar-refractivity contribution in [3.63, 3.8) is 0 Å². The smallest absolute Gasteiger partial charge is 0.261 e. The molecule has 0 aromatic heterocycles. The Morgan fingerprint density at radius 1 is 1.44 bits per heavy atom. The number of hydrogen-bond acceptors (Lipinski definition) is 3. The van der Waals surface area contributed by atoms with E-state index in [1.54, 1.807) is 6.07 Å². The maximum absolute atomic E-state index is 11.7. The summed E-state index contributed by atoms with van der Waals surface area (Å²) in [4.78, 5) is 0. The lowest BCUT2D eigenvalue weighted by atomic mass is 10.2.